The largest absolute Gasteiger partial charge is 0.424 e. The van der Waals surface area contributed by atoms with Crippen molar-refractivity contribution in [2.24, 2.45) is 21.9 Å². The Morgan fingerprint density at radius 2 is 1.88 bits per heavy atom. The number of esters is 1. The summed E-state index contributed by atoms with van der Waals surface area (Å²) in [5.74, 6) is 0.0563. The quantitative estimate of drug-likeness (QED) is 0.412. The molecule has 0 bridgehead atoms. The number of anilines is 2. The van der Waals surface area contributed by atoms with Gasteiger partial charge in [-0.25, -0.2) is 4.98 Å². The van der Waals surface area contributed by atoms with Gasteiger partial charge in [-0.3, -0.25) is 9.59 Å². The first-order valence-electron chi connectivity index (χ1n) is 8.05. The van der Waals surface area contributed by atoms with Crippen LogP contribution in [0.15, 0.2) is 46.6 Å². The smallest absolute Gasteiger partial charge is 0.314 e. The van der Waals surface area contributed by atoms with Crippen molar-refractivity contribution < 1.29 is 14.3 Å². The van der Waals surface area contributed by atoms with Crippen LogP contribution < -0.4 is 21.5 Å². The summed E-state index contributed by atoms with van der Waals surface area (Å²) in [6, 6.07) is 9.95. The predicted octanol–water partition coefficient (Wildman–Crippen LogP) is 2.29. The van der Waals surface area contributed by atoms with E-state index in [9.17, 15) is 9.59 Å². The lowest BCUT2D eigenvalue weighted by molar-refractivity contribution is -0.135. The number of nitrogen functional groups attached to an aromatic ring is 1. The van der Waals surface area contributed by atoms with E-state index < -0.39 is 0 Å². The maximum Gasteiger partial charge on any atom is 0.314 e. The molecule has 0 aliphatic heterocycles. The predicted molar refractivity (Wildman–Crippen MR) is 95.3 cm³/mol. The van der Waals surface area contributed by atoms with E-state index in [-0.39, 0.29) is 36.0 Å². The molecule has 2 aromatic rings. The summed E-state index contributed by atoms with van der Waals surface area (Å²) in [4.78, 5) is 27.1. The van der Waals surface area contributed by atoms with Crippen LogP contribution in [0.2, 0.25) is 0 Å². The number of nitrogens with zero attached hydrogens (tertiary/aromatic N) is 3. The summed E-state index contributed by atoms with van der Waals surface area (Å²) < 4.78 is 5.36. The molecule has 0 saturated heterocycles. The van der Waals surface area contributed by atoms with Crippen molar-refractivity contribution in [2.45, 2.75) is 12.8 Å². The number of pyridine rings is 1. The summed E-state index contributed by atoms with van der Waals surface area (Å²) in [5, 5.41) is 10.6. The van der Waals surface area contributed by atoms with Crippen LogP contribution in [0.4, 0.5) is 23.0 Å². The fourth-order valence-electron chi connectivity index (χ4n) is 2.06. The molecule has 1 aromatic heterocycles. The summed E-state index contributed by atoms with van der Waals surface area (Å²) >= 11 is 0. The van der Waals surface area contributed by atoms with Crippen LogP contribution in [0.1, 0.15) is 12.8 Å². The number of nitrogens with two attached hydrogens (primary N) is 2. The third-order valence-electron chi connectivity index (χ3n) is 3.61. The summed E-state index contributed by atoms with van der Waals surface area (Å²) in [6.45, 7) is -0.153. The van der Waals surface area contributed by atoms with Gasteiger partial charge in [-0.15, -0.1) is 10.2 Å². The number of hydrogen-bond acceptors (Lipinski definition) is 8. The molecule has 0 spiro atoms. The van der Waals surface area contributed by atoms with Crippen molar-refractivity contribution in [2.75, 3.05) is 17.6 Å². The van der Waals surface area contributed by atoms with Gasteiger partial charge in [0.25, 0.3) is 0 Å². The topological polar surface area (TPSA) is 145 Å². The molecule has 26 heavy (non-hydrogen) atoms. The number of benzene rings is 1. The molecule has 3 rings (SSSR count). The van der Waals surface area contributed by atoms with Gasteiger partial charge >= 0.3 is 5.97 Å². The minimum absolute atomic E-state index is 0.0175. The van der Waals surface area contributed by atoms with Gasteiger partial charge in [0.1, 0.15) is 17.2 Å². The Morgan fingerprint density at radius 1 is 1.15 bits per heavy atom. The summed E-state index contributed by atoms with van der Waals surface area (Å²) in [6.07, 6.45) is 1.72. The number of rotatable bonds is 6. The molecule has 9 nitrogen and oxygen atoms in total. The number of aromatic nitrogens is 1. The van der Waals surface area contributed by atoms with Crippen LogP contribution >= 0.6 is 0 Å². The van der Waals surface area contributed by atoms with E-state index >= 15 is 0 Å². The molecular formula is C17H18N6O3. The summed E-state index contributed by atoms with van der Waals surface area (Å²) in [7, 11) is 0. The zero-order valence-corrected chi connectivity index (χ0v) is 13.9. The van der Waals surface area contributed by atoms with Gasteiger partial charge in [0.05, 0.1) is 12.5 Å². The minimum atomic E-state index is -0.377. The van der Waals surface area contributed by atoms with Crippen molar-refractivity contribution in [3.05, 3.63) is 36.4 Å². The van der Waals surface area contributed by atoms with Crippen LogP contribution in [0, 0.1) is 5.92 Å². The van der Waals surface area contributed by atoms with Crippen molar-refractivity contribution in [1.82, 2.24) is 4.98 Å². The fourth-order valence-corrected chi connectivity index (χ4v) is 2.06. The van der Waals surface area contributed by atoms with Gasteiger partial charge in [-0.1, -0.05) is 12.1 Å². The molecule has 9 heteroatoms. The lowest BCUT2D eigenvalue weighted by atomic mass is 10.3. The van der Waals surface area contributed by atoms with Crippen LogP contribution in [-0.4, -0.2) is 23.4 Å². The lowest BCUT2D eigenvalue weighted by Crippen LogP contribution is -2.22. The highest BCUT2D eigenvalue weighted by molar-refractivity contribution is 5.91. The molecule has 1 saturated carbocycles. The Kier molecular flexibility index (Phi) is 5.18. The van der Waals surface area contributed by atoms with Crippen LogP contribution in [0.5, 0.6) is 5.75 Å². The van der Waals surface area contributed by atoms with E-state index in [0.29, 0.717) is 17.1 Å². The van der Waals surface area contributed by atoms with Crippen molar-refractivity contribution >= 4 is 34.9 Å². The minimum Gasteiger partial charge on any atom is -0.424 e. The number of azo groups is 1. The fraction of sp³-hybridized carbons (Fsp3) is 0.235. The van der Waals surface area contributed by atoms with E-state index in [1.165, 1.54) is 6.07 Å². The lowest BCUT2D eigenvalue weighted by Gasteiger charge is -2.06. The Balaban J connectivity index is 1.75. The number of hydrogen-bond donors (Lipinski definition) is 3. The SMILES string of the molecule is NCC(=O)Nc1ccc(/N=N/c2ccccc2OC(=O)C2CC2)c(N)n1. The molecule has 1 heterocycles. The molecule has 1 amide bonds. The monoisotopic (exact) mass is 354 g/mol. The maximum absolute atomic E-state index is 11.8. The molecule has 1 aromatic carbocycles. The third-order valence-corrected chi connectivity index (χ3v) is 3.61. The molecule has 5 N–H and O–H groups in total. The van der Waals surface area contributed by atoms with Crippen LogP contribution in [0.3, 0.4) is 0 Å². The second-order valence-electron chi connectivity index (χ2n) is 5.72. The van der Waals surface area contributed by atoms with E-state index in [1.54, 1.807) is 30.3 Å². The summed E-state index contributed by atoms with van der Waals surface area (Å²) in [5.41, 5.74) is 11.8. The van der Waals surface area contributed by atoms with Crippen molar-refractivity contribution in [3.8, 4) is 5.75 Å². The average molecular weight is 354 g/mol. The van der Waals surface area contributed by atoms with E-state index in [1.807, 2.05) is 0 Å². The average Bonchev–Trinajstić information content (AvgIpc) is 3.47. The molecule has 134 valence electrons. The molecule has 0 radical (unpaired) electrons. The van der Waals surface area contributed by atoms with Gasteiger partial charge < -0.3 is 21.5 Å². The Morgan fingerprint density at radius 3 is 2.58 bits per heavy atom. The van der Waals surface area contributed by atoms with Crippen molar-refractivity contribution in [1.29, 1.82) is 0 Å². The molecule has 0 atom stereocenters. The highest BCUT2D eigenvalue weighted by atomic mass is 16.5. The molecule has 1 fully saturated rings. The van der Waals surface area contributed by atoms with E-state index in [2.05, 4.69) is 20.5 Å². The number of amides is 1. The van der Waals surface area contributed by atoms with Crippen LogP contribution in [-0.2, 0) is 9.59 Å². The van der Waals surface area contributed by atoms with Crippen molar-refractivity contribution in [3.63, 3.8) is 0 Å². The molecule has 0 unspecified atom stereocenters. The molecular weight excluding hydrogens is 336 g/mol. The van der Waals surface area contributed by atoms with Gasteiger partial charge in [-0.05, 0) is 37.1 Å². The standard InChI is InChI=1S/C17H18N6O3/c18-9-15(24)20-14-8-7-12(16(19)21-14)23-22-11-3-1-2-4-13(11)26-17(25)10-5-6-10/h1-4,7-8,10H,5-6,9,18H2,(H3,19,20,21,24)/b23-22+. The zero-order chi connectivity index (χ0) is 18.5. The number of ether oxygens (including phenoxy) is 1. The highest BCUT2D eigenvalue weighted by Crippen LogP contribution is 2.34. The molecule has 1 aliphatic carbocycles. The Hall–Kier alpha value is -3.33. The number of carbonyl (C=O) groups excluding carboxylic acids is 2. The van der Waals surface area contributed by atoms with Gasteiger partial charge in [0, 0.05) is 0 Å². The van der Waals surface area contributed by atoms with E-state index in [0.717, 1.165) is 12.8 Å². The van der Waals surface area contributed by atoms with Gasteiger partial charge in [0.2, 0.25) is 5.91 Å². The second-order valence-corrected chi connectivity index (χ2v) is 5.72. The normalized spacial score (nSPS) is 13.6. The maximum atomic E-state index is 11.8. The van der Waals surface area contributed by atoms with Gasteiger partial charge in [-0.2, -0.15) is 0 Å². The number of nitrogens with one attached hydrogen (secondary N) is 1. The first-order chi connectivity index (χ1) is 12.6. The number of carbonyl (C=O) groups is 2. The first kappa shape index (κ1) is 17.5. The Bertz CT molecular complexity index is 863. The van der Waals surface area contributed by atoms with Gasteiger partial charge in [0.15, 0.2) is 11.6 Å². The zero-order valence-electron chi connectivity index (χ0n) is 13.9. The molecule has 1 aliphatic rings. The van der Waals surface area contributed by atoms with E-state index in [4.69, 9.17) is 16.2 Å². The third kappa shape index (κ3) is 4.39. The second kappa shape index (κ2) is 7.70. The first-order valence-corrected chi connectivity index (χ1v) is 8.05. The number of para-hydroxylation sites is 1. The highest BCUT2D eigenvalue weighted by Gasteiger charge is 2.32. The van der Waals surface area contributed by atoms with Crippen LogP contribution in [0.25, 0.3) is 0 Å². The Labute approximate surface area is 149 Å².